The molecule has 0 saturated carbocycles. The van der Waals surface area contributed by atoms with Gasteiger partial charge in [0, 0.05) is 5.56 Å². The molecule has 0 atom stereocenters. The summed E-state index contributed by atoms with van der Waals surface area (Å²) in [6.45, 7) is 6.70. The van der Waals surface area contributed by atoms with Crippen LogP contribution in [0.2, 0.25) is 0 Å². The van der Waals surface area contributed by atoms with Gasteiger partial charge in [0.15, 0.2) is 5.79 Å². The van der Waals surface area contributed by atoms with Crippen LogP contribution in [0.15, 0.2) is 41.5 Å². The Hall–Kier alpha value is -2.44. The molecule has 0 aliphatic carbocycles. The van der Waals surface area contributed by atoms with Gasteiger partial charge in [0.25, 0.3) is 0 Å². The van der Waals surface area contributed by atoms with E-state index < -0.39 is 5.79 Å². The lowest BCUT2D eigenvalue weighted by atomic mass is 10.0. The summed E-state index contributed by atoms with van der Waals surface area (Å²) >= 11 is 0. The average Bonchev–Trinajstić information content (AvgIpc) is 3.02. The van der Waals surface area contributed by atoms with Gasteiger partial charge >= 0.3 is 0 Å². The molecular formula is C20H24N2O4. The molecule has 1 fully saturated rings. The van der Waals surface area contributed by atoms with Gasteiger partial charge in [-0.3, -0.25) is 4.79 Å². The predicted molar refractivity (Wildman–Crippen MR) is 100 cm³/mol. The fraction of sp³-hybridized carbons (Fsp3) is 0.400. The van der Waals surface area contributed by atoms with Crippen molar-refractivity contribution in [3.63, 3.8) is 0 Å². The summed E-state index contributed by atoms with van der Waals surface area (Å²) in [6, 6.07) is 11.9. The van der Waals surface area contributed by atoms with E-state index in [0.29, 0.717) is 13.2 Å². The van der Waals surface area contributed by atoms with Crippen LogP contribution in [0.25, 0.3) is 10.8 Å². The number of carbonyl (C=O) groups is 1. The molecule has 0 bridgehead atoms. The fourth-order valence-corrected chi connectivity index (χ4v) is 2.92. The molecule has 6 heteroatoms. The van der Waals surface area contributed by atoms with E-state index in [0.717, 1.165) is 22.1 Å². The van der Waals surface area contributed by atoms with Crippen molar-refractivity contribution in [2.45, 2.75) is 39.1 Å². The Kier molecular flexibility index (Phi) is 5.54. The summed E-state index contributed by atoms with van der Waals surface area (Å²) in [6.07, 6.45) is 1.75. The van der Waals surface area contributed by atoms with Crippen molar-refractivity contribution in [2.24, 2.45) is 5.10 Å². The Morgan fingerprint density at radius 3 is 2.73 bits per heavy atom. The molecule has 26 heavy (non-hydrogen) atoms. The van der Waals surface area contributed by atoms with Crippen LogP contribution in [0, 0.1) is 0 Å². The number of nitrogens with one attached hydrogen (secondary N) is 1. The molecule has 3 rings (SSSR count). The molecule has 1 N–H and O–H groups in total. The van der Waals surface area contributed by atoms with Crippen molar-refractivity contribution in [3.8, 4) is 5.75 Å². The average molecular weight is 356 g/mol. The van der Waals surface area contributed by atoms with Crippen molar-refractivity contribution in [1.29, 1.82) is 0 Å². The highest BCUT2D eigenvalue weighted by molar-refractivity contribution is 6.02. The van der Waals surface area contributed by atoms with Crippen LogP contribution in [0.3, 0.4) is 0 Å². The lowest BCUT2D eigenvalue weighted by Crippen LogP contribution is -2.33. The summed E-state index contributed by atoms with van der Waals surface area (Å²) in [5.74, 6) is -0.409. The number of hydrogen-bond donors (Lipinski definition) is 1. The molecule has 2 aromatic rings. The summed E-state index contributed by atoms with van der Waals surface area (Å²) < 4.78 is 16.8. The lowest BCUT2D eigenvalue weighted by molar-refractivity contribution is -0.159. The van der Waals surface area contributed by atoms with Crippen LogP contribution < -0.4 is 10.2 Å². The van der Waals surface area contributed by atoms with Gasteiger partial charge < -0.3 is 14.2 Å². The molecule has 1 amide bonds. The largest absolute Gasteiger partial charge is 0.490 e. The third kappa shape index (κ3) is 4.39. The molecular weight excluding hydrogens is 332 g/mol. The van der Waals surface area contributed by atoms with Crippen molar-refractivity contribution in [3.05, 3.63) is 42.0 Å². The first kappa shape index (κ1) is 18.4. The van der Waals surface area contributed by atoms with E-state index in [1.165, 1.54) is 0 Å². The van der Waals surface area contributed by atoms with Crippen LogP contribution in [0.4, 0.5) is 0 Å². The number of nitrogens with zero attached hydrogens (tertiary/aromatic N) is 1. The smallest absolute Gasteiger partial charge is 0.245 e. The topological polar surface area (TPSA) is 69.2 Å². The van der Waals surface area contributed by atoms with Gasteiger partial charge in [0.2, 0.25) is 5.91 Å². The highest BCUT2D eigenvalue weighted by Crippen LogP contribution is 2.27. The van der Waals surface area contributed by atoms with Gasteiger partial charge in [-0.2, -0.15) is 5.10 Å². The normalized spacial score (nSPS) is 16.5. The second-order valence-corrected chi connectivity index (χ2v) is 6.67. The van der Waals surface area contributed by atoms with Gasteiger partial charge in [-0.15, -0.1) is 0 Å². The second kappa shape index (κ2) is 7.85. The highest BCUT2D eigenvalue weighted by atomic mass is 16.7. The molecule has 6 nitrogen and oxygen atoms in total. The minimum absolute atomic E-state index is 0.0366. The Morgan fingerprint density at radius 2 is 2.00 bits per heavy atom. The van der Waals surface area contributed by atoms with E-state index in [9.17, 15) is 4.79 Å². The molecule has 138 valence electrons. The van der Waals surface area contributed by atoms with E-state index in [-0.39, 0.29) is 18.4 Å². The minimum Gasteiger partial charge on any atom is -0.490 e. The number of ether oxygens (including phenoxy) is 3. The zero-order valence-electron chi connectivity index (χ0n) is 15.3. The molecule has 1 saturated heterocycles. The quantitative estimate of drug-likeness (QED) is 0.637. The van der Waals surface area contributed by atoms with Crippen LogP contribution in [-0.4, -0.2) is 37.2 Å². The van der Waals surface area contributed by atoms with E-state index in [4.69, 9.17) is 14.2 Å². The first-order valence-electron chi connectivity index (χ1n) is 8.75. The van der Waals surface area contributed by atoms with E-state index in [1.807, 2.05) is 50.2 Å². The van der Waals surface area contributed by atoms with Crippen LogP contribution in [-0.2, 0) is 14.3 Å². The number of rotatable bonds is 6. The number of hydrogen-bond acceptors (Lipinski definition) is 5. The van der Waals surface area contributed by atoms with Crippen molar-refractivity contribution in [1.82, 2.24) is 5.43 Å². The van der Waals surface area contributed by atoms with Gasteiger partial charge in [0.1, 0.15) is 5.75 Å². The zero-order valence-corrected chi connectivity index (χ0v) is 15.3. The van der Waals surface area contributed by atoms with Crippen LogP contribution in [0.5, 0.6) is 5.75 Å². The summed E-state index contributed by atoms with van der Waals surface area (Å²) in [5.41, 5.74) is 3.37. The Morgan fingerprint density at radius 1 is 1.27 bits per heavy atom. The van der Waals surface area contributed by atoms with Crippen molar-refractivity contribution < 1.29 is 19.0 Å². The second-order valence-electron chi connectivity index (χ2n) is 6.67. The first-order chi connectivity index (χ1) is 12.5. The fourth-order valence-electron chi connectivity index (χ4n) is 2.92. The Labute approximate surface area is 153 Å². The van der Waals surface area contributed by atoms with E-state index in [1.54, 1.807) is 13.1 Å². The minimum atomic E-state index is -0.870. The van der Waals surface area contributed by atoms with E-state index in [2.05, 4.69) is 10.5 Å². The first-order valence-corrected chi connectivity index (χ1v) is 8.75. The highest BCUT2D eigenvalue weighted by Gasteiger charge is 2.33. The predicted octanol–water partition coefficient (Wildman–Crippen LogP) is 3.23. The Bertz CT molecular complexity index is 811. The van der Waals surface area contributed by atoms with Gasteiger partial charge in [-0.1, -0.05) is 30.3 Å². The Balaban J connectivity index is 1.77. The molecule has 0 aromatic heterocycles. The molecule has 2 aromatic carbocycles. The number of fused-ring (bicyclic) bond motifs is 1. The summed E-state index contributed by atoms with van der Waals surface area (Å²) in [7, 11) is 0. The molecule has 0 spiro atoms. The lowest BCUT2D eigenvalue weighted by Gasteiger charge is -2.20. The van der Waals surface area contributed by atoms with Gasteiger partial charge in [0.05, 0.1) is 32.0 Å². The maximum absolute atomic E-state index is 12.1. The molecule has 1 aliphatic rings. The number of amides is 1. The number of hydrazone groups is 1. The summed E-state index contributed by atoms with van der Waals surface area (Å²) in [5, 5.41) is 6.21. The van der Waals surface area contributed by atoms with Crippen LogP contribution in [0.1, 0.15) is 32.8 Å². The maximum atomic E-state index is 12.1. The van der Waals surface area contributed by atoms with Gasteiger partial charge in [-0.05, 0) is 37.6 Å². The molecule has 1 aliphatic heterocycles. The standard InChI is InChI=1S/C20H24N2O4/c1-14(2)26-18-9-8-15-6-4-5-7-16(15)17(18)13-21-22-19(23)12-20(3)24-10-11-25-20/h4-9,13-14H,10-12H2,1-3H3,(H,22,23)/b21-13-. The van der Waals surface area contributed by atoms with Gasteiger partial charge in [-0.25, -0.2) is 5.43 Å². The van der Waals surface area contributed by atoms with Crippen molar-refractivity contribution in [2.75, 3.05) is 13.2 Å². The SMILES string of the molecule is CC(C)Oc1ccc2ccccc2c1/C=N\NC(=O)CC1(C)OCCO1. The third-order valence-corrected chi connectivity index (χ3v) is 4.06. The maximum Gasteiger partial charge on any atom is 0.245 e. The monoisotopic (exact) mass is 356 g/mol. The zero-order chi connectivity index (χ0) is 18.6. The molecule has 1 heterocycles. The number of carbonyl (C=O) groups excluding carboxylic acids is 1. The molecule has 0 radical (unpaired) electrons. The molecule has 0 unspecified atom stereocenters. The van der Waals surface area contributed by atoms with E-state index >= 15 is 0 Å². The summed E-state index contributed by atoms with van der Waals surface area (Å²) in [4.78, 5) is 12.1. The third-order valence-electron chi connectivity index (χ3n) is 4.06. The number of benzene rings is 2. The van der Waals surface area contributed by atoms with Crippen LogP contribution >= 0.6 is 0 Å². The van der Waals surface area contributed by atoms with Crippen molar-refractivity contribution >= 4 is 22.9 Å².